The van der Waals surface area contributed by atoms with Crippen LogP contribution in [0.25, 0.3) is 0 Å². The number of hydrogen-bond acceptors (Lipinski definition) is 2. The van der Waals surface area contributed by atoms with Crippen molar-refractivity contribution < 1.29 is 14.2 Å². The minimum atomic E-state index is -0.210. The Morgan fingerprint density at radius 1 is 1.19 bits per heavy atom. The molecule has 0 aromatic heterocycles. The van der Waals surface area contributed by atoms with Gasteiger partial charge in [0.25, 0.3) is 0 Å². The topological polar surface area (TPSA) is 29.5 Å². The van der Waals surface area contributed by atoms with E-state index in [2.05, 4.69) is 0 Å². The molecule has 2 rings (SSSR count). The van der Waals surface area contributed by atoms with Crippen molar-refractivity contribution in [2.45, 2.75) is 44.5 Å². The van der Waals surface area contributed by atoms with Gasteiger partial charge in [0.2, 0.25) is 0 Å². The third-order valence-electron chi connectivity index (χ3n) is 3.08. The number of hydrogen-bond donors (Lipinski definition) is 1. The highest BCUT2D eigenvalue weighted by atomic mass is 19.1. The number of ether oxygens (including phenoxy) is 1. The number of rotatable bonds is 3. The fraction of sp³-hybridized carbons (Fsp3) is 0.538. The molecular weight excluding hydrogens is 207 g/mol. The molecule has 0 heterocycles. The molecule has 1 aliphatic carbocycles. The van der Waals surface area contributed by atoms with Gasteiger partial charge >= 0.3 is 0 Å². The van der Waals surface area contributed by atoms with Crippen LogP contribution in [0.4, 0.5) is 4.39 Å². The van der Waals surface area contributed by atoms with Crippen LogP contribution in [0.15, 0.2) is 24.3 Å². The van der Waals surface area contributed by atoms with Crippen molar-refractivity contribution in [2.24, 2.45) is 0 Å². The summed E-state index contributed by atoms with van der Waals surface area (Å²) in [6, 6.07) is 6.68. The quantitative estimate of drug-likeness (QED) is 0.855. The van der Waals surface area contributed by atoms with E-state index in [-0.39, 0.29) is 18.0 Å². The molecule has 88 valence electrons. The fourth-order valence-electron chi connectivity index (χ4n) is 2.03. The highest BCUT2D eigenvalue weighted by Crippen LogP contribution is 2.22. The molecule has 1 saturated carbocycles. The standard InChI is InChI=1S/C13H17FO2/c14-13-4-2-1-3-10(13)9-16-12-7-5-11(15)6-8-12/h1-4,11-12,15H,5-9H2. The summed E-state index contributed by atoms with van der Waals surface area (Å²) >= 11 is 0. The average molecular weight is 224 g/mol. The van der Waals surface area contributed by atoms with Crippen LogP contribution < -0.4 is 0 Å². The maximum absolute atomic E-state index is 13.3. The second kappa shape index (κ2) is 5.41. The van der Waals surface area contributed by atoms with Gasteiger partial charge in [0.05, 0.1) is 18.8 Å². The van der Waals surface area contributed by atoms with Gasteiger partial charge in [-0.3, -0.25) is 0 Å². The summed E-state index contributed by atoms with van der Waals surface area (Å²) in [7, 11) is 0. The van der Waals surface area contributed by atoms with Gasteiger partial charge in [-0.25, -0.2) is 4.39 Å². The van der Waals surface area contributed by atoms with Gasteiger partial charge in [0, 0.05) is 5.56 Å². The van der Waals surface area contributed by atoms with Gasteiger partial charge in [0.1, 0.15) is 5.82 Å². The van der Waals surface area contributed by atoms with Crippen LogP contribution in [-0.4, -0.2) is 17.3 Å². The third kappa shape index (κ3) is 3.03. The number of aliphatic hydroxyl groups is 1. The van der Waals surface area contributed by atoms with E-state index in [1.54, 1.807) is 12.1 Å². The van der Waals surface area contributed by atoms with Crippen molar-refractivity contribution in [3.8, 4) is 0 Å². The maximum atomic E-state index is 13.3. The lowest BCUT2D eigenvalue weighted by molar-refractivity contribution is -0.0127. The Hall–Kier alpha value is -0.930. The van der Waals surface area contributed by atoms with E-state index in [1.165, 1.54) is 6.07 Å². The summed E-state index contributed by atoms with van der Waals surface area (Å²) in [5, 5.41) is 9.34. The summed E-state index contributed by atoms with van der Waals surface area (Å²) in [6.45, 7) is 0.327. The molecule has 2 nitrogen and oxygen atoms in total. The van der Waals surface area contributed by atoms with E-state index in [9.17, 15) is 9.50 Å². The highest BCUT2D eigenvalue weighted by Gasteiger charge is 2.19. The van der Waals surface area contributed by atoms with Gasteiger partial charge in [-0.2, -0.15) is 0 Å². The first-order valence-electron chi connectivity index (χ1n) is 5.79. The Morgan fingerprint density at radius 3 is 2.56 bits per heavy atom. The third-order valence-corrected chi connectivity index (χ3v) is 3.08. The van der Waals surface area contributed by atoms with Gasteiger partial charge < -0.3 is 9.84 Å². The maximum Gasteiger partial charge on any atom is 0.128 e. The molecule has 0 atom stereocenters. The van der Waals surface area contributed by atoms with Crippen molar-refractivity contribution in [1.82, 2.24) is 0 Å². The van der Waals surface area contributed by atoms with Crippen LogP contribution >= 0.6 is 0 Å². The first-order valence-corrected chi connectivity index (χ1v) is 5.79. The van der Waals surface area contributed by atoms with Crippen molar-refractivity contribution in [3.63, 3.8) is 0 Å². The van der Waals surface area contributed by atoms with Crippen LogP contribution in [0.1, 0.15) is 31.2 Å². The zero-order valence-corrected chi connectivity index (χ0v) is 9.23. The summed E-state index contributed by atoms with van der Waals surface area (Å²) in [4.78, 5) is 0. The molecule has 0 bridgehead atoms. The van der Waals surface area contributed by atoms with Crippen molar-refractivity contribution in [3.05, 3.63) is 35.6 Å². The van der Waals surface area contributed by atoms with Crippen molar-refractivity contribution >= 4 is 0 Å². The predicted molar refractivity (Wildman–Crippen MR) is 59.5 cm³/mol. The first-order chi connectivity index (χ1) is 7.75. The molecule has 0 spiro atoms. The molecule has 16 heavy (non-hydrogen) atoms. The zero-order valence-electron chi connectivity index (χ0n) is 9.23. The van der Waals surface area contributed by atoms with E-state index >= 15 is 0 Å². The van der Waals surface area contributed by atoms with Crippen LogP contribution in [0.5, 0.6) is 0 Å². The van der Waals surface area contributed by atoms with Crippen LogP contribution in [0, 0.1) is 5.82 Å². The summed E-state index contributed by atoms with van der Waals surface area (Å²) in [5.74, 6) is -0.210. The number of aliphatic hydroxyl groups excluding tert-OH is 1. The van der Waals surface area contributed by atoms with E-state index in [1.807, 2.05) is 6.07 Å². The fourth-order valence-corrected chi connectivity index (χ4v) is 2.03. The lowest BCUT2D eigenvalue weighted by Crippen LogP contribution is -2.24. The van der Waals surface area contributed by atoms with Gasteiger partial charge in [-0.05, 0) is 31.7 Å². The van der Waals surface area contributed by atoms with E-state index in [4.69, 9.17) is 4.74 Å². The summed E-state index contributed by atoms with van der Waals surface area (Å²) in [5.41, 5.74) is 0.605. The molecular formula is C13H17FO2. The molecule has 1 aromatic carbocycles. The molecule has 0 radical (unpaired) electrons. The minimum Gasteiger partial charge on any atom is -0.393 e. The molecule has 0 amide bonds. The van der Waals surface area contributed by atoms with Gasteiger partial charge in [-0.15, -0.1) is 0 Å². The van der Waals surface area contributed by atoms with E-state index < -0.39 is 0 Å². The molecule has 0 aliphatic heterocycles. The minimum absolute atomic E-state index is 0.169. The average Bonchev–Trinajstić information content (AvgIpc) is 2.30. The Labute approximate surface area is 95.1 Å². The van der Waals surface area contributed by atoms with Crippen LogP contribution in [0.3, 0.4) is 0 Å². The van der Waals surface area contributed by atoms with E-state index in [0.29, 0.717) is 12.2 Å². The van der Waals surface area contributed by atoms with Gasteiger partial charge in [-0.1, -0.05) is 18.2 Å². The molecule has 1 fully saturated rings. The Kier molecular flexibility index (Phi) is 3.91. The van der Waals surface area contributed by atoms with Crippen molar-refractivity contribution in [1.29, 1.82) is 0 Å². The largest absolute Gasteiger partial charge is 0.393 e. The molecule has 1 N–H and O–H groups in total. The normalized spacial score (nSPS) is 25.6. The van der Waals surface area contributed by atoms with Crippen molar-refractivity contribution in [2.75, 3.05) is 0 Å². The second-order valence-electron chi connectivity index (χ2n) is 4.33. The molecule has 0 saturated heterocycles. The van der Waals surface area contributed by atoms with Gasteiger partial charge in [0.15, 0.2) is 0 Å². The Bertz CT molecular complexity index is 332. The Balaban J connectivity index is 1.81. The lowest BCUT2D eigenvalue weighted by atomic mass is 9.95. The second-order valence-corrected chi connectivity index (χ2v) is 4.33. The Morgan fingerprint density at radius 2 is 1.88 bits per heavy atom. The highest BCUT2D eigenvalue weighted by molar-refractivity contribution is 5.16. The molecule has 1 aromatic rings. The first kappa shape index (κ1) is 11.6. The summed E-state index contributed by atoms with van der Waals surface area (Å²) in [6.07, 6.45) is 3.33. The smallest absolute Gasteiger partial charge is 0.128 e. The zero-order chi connectivity index (χ0) is 11.4. The lowest BCUT2D eigenvalue weighted by Gasteiger charge is -2.25. The molecule has 3 heteroatoms. The number of benzene rings is 1. The number of halogens is 1. The summed E-state index contributed by atoms with van der Waals surface area (Å²) < 4.78 is 18.9. The molecule has 0 unspecified atom stereocenters. The SMILES string of the molecule is OC1CCC(OCc2ccccc2F)CC1. The van der Waals surface area contributed by atoms with E-state index in [0.717, 1.165) is 25.7 Å². The van der Waals surface area contributed by atoms with Crippen LogP contribution in [-0.2, 0) is 11.3 Å². The van der Waals surface area contributed by atoms with Crippen LogP contribution in [0.2, 0.25) is 0 Å². The molecule has 1 aliphatic rings. The predicted octanol–water partition coefficient (Wildman–Crippen LogP) is 2.65. The monoisotopic (exact) mass is 224 g/mol.